The molecule has 1 aliphatic rings. The molecule has 0 aliphatic carbocycles. The first-order valence-corrected chi connectivity index (χ1v) is 8.82. The zero-order valence-electron chi connectivity index (χ0n) is 14.2. The highest BCUT2D eigenvalue weighted by Gasteiger charge is 2.28. The van der Waals surface area contributed by atoms with Crippen LogP contribution in [0.4, 0.5) is 6.01 Å². The van der Waals surface area contributed by atoms with E-state index in [1.807, 2.05) is 54.7 Å². The molecule has 1 unspecified atom stereocenters. The van der Waals surface area contributed by atoms with Crippen molar-refractivity contribution in [3.05, 3.63) is 60.6 Å². The summed E-state index contributed by atoms with van der Waals surface area (Å²) in [6.07, 6.45) is 4.14. The quantitative estimate of drug-likeness (QED) is 0.567. The number of benzene rings is 1. The van der Waals surface area contributed by atoms with Crippen molar-refractivity contribution in [1.82, 2.24) is 24.7 Å². The Labute approximate surface area is 150 Å². The Kier molecular flexibility index (Phi) is 3.62. The Morgan fingerprint density at radius 1 is 1.00 bits per heavy atom. The highest BCUT2D eigenvalue weighted by atomic mass is 16.5. The van der Waals surface area contributed by atoms with Crippen molar-refractivity contribution in [2.75, 3.05) is 18.0 Å². The molecule has 7 heteroatoms. The number of nitrogens with zero attached hydrogens (tertiary/aromatic N) is 6. The smallest absolute Gasteiger partial charge is 0.324 e. The largest absolute Gasteiger partial charge is 0.324 e. The van der Waals surface area contributed by atoms with Gasteiger partial charge in [-0.1, -0.05) is 41.6 Å². The lowest BCUT2D eigenvalue weighted by Crippen LogP contribution is -2.35. The topological polar surface area (TPSA) is 72.4 Å². The normalized spacial score (nSPS) is 17.7. The van der Waals surface area contributed by atoms with Crippen LogP contribution in [0, 0.1) is 0 Å². The van der Waals surface area contributed by atoms with Gasteiger partial charge in [-0.05, 0) is 25.0 Å². The van der Waals surface area contributed by atoms with E-state index in [2.05, 4.69) is 29.6 Å². The molecule has 130 valence electrons. The van der Waals surface area contributed by atoms with E-state index in [0.717, 1.165) is 43.0 Å². The van der Waals surface area contributed by atoms with E-state index in [4.69, 9.17) is 4.52 Å². The van der Waals surface area contributed by atoms with E-state index in [1.165, 1.54) is 0 Å². The maximum Gasteiger partial charge on any atom is 0.324 e. The minimum absolute atomic E-state index is 0.285. The molecular weight excluding hydrogens is 328 g/mol. The summed E-state index contributed by atoms with van der Waals surface area (Å²) in [6.45, 7) is 1.70. The summed E-state index contributed by atoms with van der Waals surface area (Å²) in [6, 6.07) is 16.4. The molecule has 5 rings (SSSR count). The van der Waals surface area contributed by atoms with Gasteiger partial charge in [0.05, 0.1) is 0 Å². The Balaban J connectivity index is 1.40. The van der Waals surface area contributed by atoms with Crippen molar-refractivity contribution >= 4 is 11.7 Å². The molecule has 1 aliphatic heterocycles. The maximum atomic E-state index is 5.53. The third-order valence-corrected chi connectivity index (χ3v) is 4.84. The van der Waals surface area contributed by atoms with Gasteiger partial charge in [0.1, 0.15) is 5.82 Å². The van der Waals surface area contributed by atoms with E-state index in [1.54, 1.807) is 0 Å². The summed E-state index contributed by atoms with van der Waals surface area (Å²) in [5.41, 5.74) is 1.84. The molecule has 0 spiro atoms. The van der Waals surface area contributed by atoms with Gasteiger partial charge < -0.3 is 9.42 Å². The first-order valence-electron chi connectivity index (χ1n) is 8.82. The molecule has 1 atom stereocenters. The van der Waals surface area contributed by atoms with Crippen molar-refractivity contribution in [1.29, 1.82) is 0 Å². The lowest BCUT2D eigenvalue weighted by molar-refractivity contribution is 0.390. The Hall–Kier alpha value is -3.22. The Morgan fingerprint density at radius 2 is 1.88 bits per heavy atom. The first-order chi connectivity index (χ1) is 12.9. The minimum atomic E-state index is 0.285. The van der Waals surface area contributed by atoms with Gasteiger partial charge in [-0.15, -0.1) is 10.2 Å². The summed E-state index contributed by atoms with van der Waals surface area (Å²) in [5.74, 6) is 1.90. The average Bonchev–Trinajstić information content (AvgIpc) is 3.36. The van der Waals surface area contributed by atoms with E-state index in [9.17, 15) is 0 Å². The van der Waals surface area contributed by atoms with Crippen molar-refractivity contribution in [2.24, 2.45) is 0 Å². The maximum absolute atomic E-state index is 5.53. The zero-order chi connectivity index (χ0) is 17.3. The SMILES string of the molecule is c1ccc(-c2noc(N3CCCC(c4nnc5ccccn45)C3)n2)cc1. The number of hydrogen-bond acceptors (Lipinski definition) is 6. The van der Waals surface area contributed by atoms with Gasteiger partial charge in [0.25, 0.3) is 0 Å². The third kappa shape index (κ3) is 2.61. The molecular formula is C19H18N6O. The zero-order valence-corrected chi connectivity index (χ0v) is 14.2. The monoisotopic (exact) mass is 346 g/mol. The predicted molar refractivity (Wildman–Crippen MR) is 96.9 cm³/mol. The molecule has 7 nitrogen and oxygen atoms in total. The van der Waals surface area contributed by atoms with Crippen LogP contribution in [-0.4, -0.2) is 37.8 Å². The van der Waals surface area contributed by atoms with Crippen molar-refractivity contribution in [3.63, 3.8) is 0 Å². The van der Waals surface area contributed by atoms with Gasteiger partial charge in [-0.2, -0.15) is 4.98 Å². The lowest BCUT2D eigenvalue weighted by atomic mass is 9.97. The molecule has 0 bridgehead atoms. The van der Waals surface area contributed by atoms with Gasteiger partial charge in [0, 0.05) is 30.8 Å². The fourth-order valence-corrected chi connectivity index (χ4v) is 3.55. The predicted octanol–water partition coefficient (Wildman–Crippen LogP) is 3.16. The number of anilines is 1. The Morgan fingerprint density at radius 3 is 2.81 bits per heavy atom. The van der Waals surface area contributed by atoms with Gasteiger partial charge in [0.2, 0.25) is 5.82 Å². The average molecular weight is 346 g/mol. The summed E-state index contributed by atoms with van der Waals surface area (Å²) < 4.78 is 7.60. The fraction of sp³-hybridized carbons (Fsp3) is 0.263. The van der Waals surface area contributed by atoms with Gasteiger partial charge in [-0.25, -0.2) is 0 Å². The Bertz CT molecular complexity index is 1020. The van der Waals surface area contributed by atoms with Crippen molar-refractivity contribution in [3.8, 4) is 11.4 Å². The molecule has 1 aromatic carbocycles. The van der Waals surface area contributed by atoms with Gasteiger partial charge >= 0.3 is 6.01 Å². The van der Waals surface area contributed by atoms with Crippen LogP contribution < -0.4 is 4.90 Å². The summed E-state index contributed by atoms with van der Waals surface area (Å²) in [7, 11) is 0. The summed E-state index contributed by atoms with van der Waals surface area (Å²) in [4.78, 5) is 6.74. The second-order valence-corrected chi connectivity index (χ2v) is 6.54. The third-order valence-electron chi connectivity index (χ3n) is 4.84. The highest BCUT2D eigenvalue weighted by molar-refractivity contribution is 5.55. The number of fused-ring (bicyclic) bond motifs is 1. The molecule has 0 amide bonds. The van der Waals surface area contributed by atoms with Gasteiger partial charge in [0.15, 0.2) is 5.65 Å². The molecule has 1 fully saturated rings. The number of pyridine rings is 1. The molecule has 1 saturated heterocycles. The van der Waals surface area contributed by atoms with E-state index in [-0.39, 0.29) is 5.92 Å². The number of rotatable bonds is 3. The highest BCUT2D eigenvalue weighted by Crippen LogP contribution is 2.29. The number of piperidine rings is 1. The molecule has 4 aromatic rings. The van der Waals surface area contributed by atoms with E-state index >= 15 is 0 Å². The van der Waals surface area contributed by atoms with Crippen LogP contribution in [0.2, 0.25) is 0 Å². The van der Waals surface area contributed by atoms with E-state index < -0.39 is 0 Å². The minimum Gasteiger partial charge on any atom is -0.324 e. The van der Waals surface area contributed by atoms with Crippen LogP contribution in [0.15, 0.2) is 59.3 Å². The van der Waals surface area contributed by atoms with Crippen LogP contribution in [0.5, 0.6) is 0 Å². The number of aromatic nitrogens is 5. The van der Waals surface area contributed by atoms with Crippen LogP contribution in [0.3, 0.4) is 0 Å². The molecule has 3 aromatic heterocycles. The molecule has 0 N–H and O–H groups in total. The molecule has 0 saturated carbocycles. The second-order valence-electron chi connectivity index (χ2n) is 6.54. The van der Waals surface area contributed by atoms with Crippen LogP contribution in [0.1, 0.15) is 24.6 Å². The van der Waals surface area contributed by atoms with E-state index in [0.29, 0.717) is 11.8 Å². The molecule has 0 radical (unpaired) electrons. The summed E-state index contributed by atoms with van der Waals surface area (Å²) in [5, 5.41) is 12.8. The number of hydrogen-bond donors (Lipinski definition) is 0. The van der Waals surface area contributed by atoms with Crippen molar-refractivity contribution in [2.45, 2.75) is 18.8 Å². The summed E-state index contributed by atoms with van der Waals surface area (Å²) >= 11 is 0. The second kappa shape index (κ2) is 6.25. The van der Waals surface area contributed by atoms with Crippen LogP contribution >= 0.6 is 0 Å². The fourth-order valence-electron chi connectivity index (χ4n) is 3.55. The molecule has 26 heavy (non-hydrogen) atoms. The van der Waals surface area contributed by atoms with Crippen LogP contribution in [-0.2, 0) is 0 Å². The lowest BCUT2D eigenvalue weighted by Gasteiger charge is -2.30. The van der Waals surface area contributed by atoms with Gasteiger partial charge in [-0.3, -0.25) is 4.40 Å². The van der Waals surface area contributed by atoms with Crippen LogP contribution in [0.25, 0.3) is 17.0 Å². The van der Waals surface area contributed by atoms with Crippen molar-refractivity contribution < 1.29 is 4.52 Å². The standard InChI is InChI=1S/C19H18N6O/c1-2-7-14(8-3-1)17-20-19(26-23-17)24-11-6-9-15(13-24)18-22-21-16-10-4-5-12-25(16)18/h1-5,7-8,10,12,15H,6,9,11,13H2. The molecule has 4 heterocycles. The first kappa shape index (κ1) is 15.1.